The van der Waals surface area contributed by atoms with E-state index in [1.165, 1.54) is 28.6 Å². The first-order valence-electron chi connectivity index (χ1n) is 9.55. The largest absolute Gasteiger partial charge is 0.492 e. The van der Waals surface area contributed by atoms with E-state index in [1.54, 1.807) is 0 Å². The van der Waals surface area contributed by atoms with Crippen molar-refractivity contribution < 1.29 is 22.4 Å². The van der Waals surface area contributed by atoms with Crippen molar-refractivity contribution in [3.8, 4) is 22.8 Å². The Hall–Kier alpha value is -3.41. The molecular formula is C20H17F3N6O2S. The molecule has 0 bridgehead atoms. The Kier molecular flexibility index (Phi) is 6.12. The summed E-state index contributed by atoms with van der Waals surface area (Å²) in [5.41, 5.74) is 0.0997. The third kappa shape index (κ3) is 4.59. The molecule has 12 heteroatoms. The van der Waals surface area contributed by atoms with E-state index >= 15 is 0 Å². The number of benzene rings is 2. The highest BCUT2D eigenvalue weighted by molar-refractivity contribution is 7.99. The van der Waals surface area contributed by atoms with E-state index in [2.05, 4.69) is 25.7 Å². The van der Waals surface area contributed by atoms with Crippen LogP contribution < -0.4 is 4.74 Å². The molecule has 8 nitrogen and oxygen atoms in total. The van der Waals surface area contributed by atoms with E-state index in [0.29, 0.717) is 23.2 Å². The first-order valence-corrected chi connectivity index (χ1v) is 10.4. The van der Waals surface area contributed by atoms with Crippen molar-refractivity contribution in [3.05, 3.63) is 60.0 Å². The molecule has 0 radical (unpaired) electrons. The second-order valence-electron chi connectivity index (χ2n) is 6.57. The maximum Gasteiger partial charge on any atom is 0.416 e. The lowest BCUT2D eigenvalue weighted by Crippen LogP contribution is -2.04. The second-order valence-corrected chi connectivity index (χ2v) is 7.88. The Bertz CT molecular complexity index is 1210. The third-order valence-electron chi connectivity index (χ3n) is 4.35. The fourth-order valence-electron chi connectivity index (χ4n) is 2.87. The molecule has 0 N–H and O–H groups in total. The molecule has 32 heavy (non-hydrogen) atoms. The molecule has 1 unspecified atom stereocenters. The van der Waals surface area contributed by atoms with Crippen molar-refractivity contribution in [3.63, 3.8) is 0 Å². The van der Waals surface area contributed by atoms with Gasteiger partial charge < -0.3 is 9.26 Å². The zero-order valence-electron chi connectivity index (χ0n) is 16.9. The van der Waals surface area contributed by atoms with Crippen molar-refractivity contribution in [2.75, 3.05) is 6.61 Å². The molecule has 0 aliphatic carbocycles. The molecule has 0 saturated carbocycles. The summed E-state index contributed by atoms with van der Waals surface area (Å²) in [6.45, 7) is 4.17. The summed E-state index contributed by atoms with van der Waals surface area (Å²) in [6.07, 6.45) is -4.46. The number of hydrogen-bond donors (Lipinski definition) is 0. The van der Waals surface area contributed by atoms with Gasteiger partial charge in [-0.05, 0) is 48.5 Å². The Morgan fingerprint density at radius 3 is 2.75 bits per heavy atom. The normalized spacial score (nSPS) is 12.7. The smallest absolute Gasteiger partial charge is 0.416 e. The van der Waals surface area contributed by atoms with Crippen LogP contribution >= 0.6 is 11.8 Å². The van der Waals surface area contributed by atoms with Gasteiger partial charge in [0.05, 0.1) is 17.4 Å². The van der Waals surface area contributed by atoms with Crippen LogP contribution in [0.1, 0.15) is 30.6 Å². The van der Waals surface area contributed by atoms with Crippen molar-refractivity contribution in [2.24, 2.45) is 0 Å². The number of thioether (sulfide) groups is 1. The lowest BCUT2D eigenvalue weighted by atomic mass is 10.1. The van der Waals surface area contributed by atoms with E-state index in [0.717, 1.165) is 12.1 Å². The van der Waals surface area contributed by atoms with Crippen LogP contribution in [0.15, 0.2) is 58.2 Å². The number of aromatic nitrogens is 6. The zero-order chi connectivity index (χ0) is 22.7. The van der Waals surface area contributed by atoms with Crippen LogP contribution in [0, 0.1) is 0 Å². The minimum Gasteiger partial charge on any atom is -0.492 e. The maximum absolute atomic E-state index is 13.0. The van der Waals surface area contributed by atoms with Gasteiger partial charge in [-0.25, -0.2) is 0 Å². The van der Waals surface area contributed by atoms with Crippen molar-refractivity contribution in [1.29, 1.82) is 0 Å². The fourth-order valence-corrected chi connectivity index (χ4v) is 3.71. The molecule has 2 aromatic carbocycles. The molecule has 0 spiro atoms. The first-order chi connectivity index (χ1) is 15.4. The number of halogens is 3. The van der Waals surface area contributed by atoms with Gasteiger partial charge in [0.2, 0.25) is 16.9 Å². The van der Waals surface area contributed by atoms with Gasteiger partial charge >= 0.3 is 6.18 Å². The second kappa shape index (κ2) is 8.99. The molecule has 0 saturated heterocycles. The van der Waals surface area contributed by atoms with Crippen LogP contribution in [0.25, 0.3) is 17.1 Å². The van der Waals surface area contributed by atoms with Crippen molar-refractivity contribution >= 4 is 11.8 Å². The van der Waals surface area contributed by atoms with Crippen LogP contribution in [0.4, 0.5) is 13.2 Å². The van der Waals surface area contributed by atoms with Crippen LogP contribution in [-0.4, -0.2) is 37.0 Å². The van der Waals surface area contributed by atoms with Gasteiger partial charge in [0.1, 0.15) is 11.4 Å². The maximum atomic E-state index is 13.0. The number of para-hydroxylation sites is 2. The molecule has 2 aromatic heterocycles. The highest BCUT2D eigenvalue weighted by Crippen LogP contribution is 2.36. The van der Waals surface area contributed by atoms with Crippen LogP contribution in [0.2, 0.25) is 0 Å². The number of nitrogens with zero attached hydrogens (tertiary/aromatic N) is 6. The topological polar surface area (TPSA) is 91.8 Å². The fraction of sp³-hybridized carbons (Fsp3) is 0.250. The minimum atomic E-state index is -4.46. The van der Waals surface area contributed by atoms with Gasteiger partial charge in [-0.1, -0.05) is 41.2 Å². The van der Waals surface area contributed by atoms with Gasteiger partial charge in [0, 0.05) is 5.56 Å². The lowest BCUT2D eigenvalue weighted by Gasteiger charge is -2.11. The quantitative estimate of drug-likeness (QED) is 0.355. The molecule has 0 aliphatic rings. The highest BCUT2D eigenvalue weighted by Gasteiger charge is 2.31. The highest BCUT2D eigenvalue weighted by atomic mass is 32.2. The van der Waals surface area contributed by atoms with Gasteiger partial charge in [-0.15, -0.1) is 5.10 Å². The predicted molar refractivity (Wildman–Crippen MR) is 109 cm³/mol. The summed E-state index contributed by atoms with van der Waals surface area (Å²) >= 11 is 1.26. The first kappa shape index (κ1) is 21.8. The monoisotopic (exact) mass is 462 g/mol. The number of rotatable bonds is 7. The number of tetrazole rings is 1. The predicted octanol–water partition coefficient (Wildman–Crippen LogP) is 4.98. The molecule has 166 valence electrons. The molecule has 0 fully saturated rings. The van der Waals surface area contributed by atoms with Crippen LogP contribution in [0.3, 0.4) is 0 Å². The van der Waals surface area contributed by atoms with Crippen LogP contribution in [0.5, 0.6) is 5.75 Å². The van der Waals surface area contributed by atoms with Crippen molar-refractivity contribution in [2.45, 2.75) is 30.4 Å². The Balaban J connectivity index is 1.56. The Morgan fingerprint density at radius 2 is 1.97 bits per heavy atom. The summed E-state index contributed by atoms with van der Waals surface area (Å²) in [5, 5.41) is 15.8. The molecule has 4 aromatic rings. The molecule has 2 heterocycles. The minimum absolute atomic E-state index is 0.0693. The average molecular weight is 462 g/mol. The summed E-state index contributed by atoms with van der Waals surface area (Å²) in [4.78, 5) is 4.27. The van der Waals surface area contributed by atoms with Gasteiger partial charge in [0.25, 0.3) is 0 Å². The third-order valence-corrected chi connectivity index (χ3v) is 5.37. The van der Waals surface area contributed by atoms with Crippen LogP contribution in [-0.2, 0) is 6.18 Å². The van der Waals surface area contributed by atoms with E-state index in [9.17, 15) is 13.2 Å². The standard InChI is InChI=1S/C20H17F3N6O2S/c1-3-30-16-10-5-4-9-15(16)29-19(25-27-28-29)32-12(2)18-24-17(26-31-18)13-7-6-8-14(11-13)20(21,22)23/h4-12H,3H2,1-2H3. The SMILES string of the molecule is CCOc1ccccc1-n1nnnc1SC(C)c1nc(-c2cccc(C(F)(F)F)c2)no1. The van der Waals surface area contributed by atoms with Gasteiger partial charge in [-0.2, -0.15) is 22.8 Å². The number of alkyl halides is 3. The Morgan fingerprint density at radius 1 is 1.16 bits per heavy atom. The summed E-state index contributed by atoms with van der Waals surface area (Å²) in [7, 11) is 0. The number of ether oxygens (including phenoxy) is 1. The van der Waals surface area contributed by atoms with E-state index in [1.807, 2.05) is 38.1 Å². The van der Waals surface area contributed by atoms with Gasteiger partial charge in [0.15, 0.2) is 0 Å². The molecule has 1 atom stereocenters. The summed E-state index contributed by atoms with van der Waals surface area (Å²) < 4.78 is 51.4. The molecule has 0 amide bonds. The average Bonchev–Trinajstić information content (AvgIpc) is 3.44. The zero-order valence-corrected chi connectivity index (χ0v) is 17.8. The molecular weight excluding hydrogens is 445 g/mol. The number of hydrogen-bond acceptors (Lipinski definition) is 8. The molecule has 0 aliphatic heterocycles. The van der Waals surface area contributed by atoms with E-state index in [4.69, 9.17) is 9.26 Å². The van der Waals surface area contributed by atoms with Crippen molar-refractivity contribution in [1.82, 2.24) is 30.3 Å². The summed E-state index contributed by atoms with van der Waals surface area (Å²) in [6, 6.07) is 12.1. The lowest BCUT2D eigenvalue weighted by molar-refractivity contribution is -0.137. The summed E-state index contributed by atoms with van der Waals surface area (Å²) in [5.74, 6) is 0.927. The molecule has 4 rings (SSSR count). The van der Waals surface area contributed by atoms with Gasteiger partial charge in [-0.3, -0.25) is 0 Å². The Labute approximate surface area is 184 Å². The van der Waals surface area contributed by atoms with E-state index in [-0.39, 0.29) is 22.5 Å². The van der Waals surface area contributed by atoms with E-state index < -0.39 is 11.7 Å².